The molecule has 0 saturated carbocycles. The van der Waals surface area contributed by atoms with Gasteiger partial charge in [-0.3, -0.25) is 10.1 Å². The van der Waals surface area contributed by atoms with Crippen molar-refractivity contribution in [3.63, 3.8) is 0 Å². The zero-order valence-corrected chi connectivity index (χ0v) is 16.4. The van der Waals surface area contributed by atoms with Gasteiger partial charge in [-0.1, -0.05) is 0 Å². The van der Waals surface area contributed by atoms with Crippen LogP contribution in [-0.2, 0) is 18.3 Å². The molecule has 6 nitrogen and oxygen atoms in total. The molecular weight excluding hydrogens is 358 g/mol. The van der Waals surface area contributed by atoms with Crippen LogP contribution < -0.4 is 10.6 Å². The number of hydrogen-bond acceptors (Lipinski definition) is 5. The van der Waals surface area contributed by atoms with Gasteiger partial charge in [-0.05, 0) is 57.8 Å². The quantitative estimate of drug-likeness (QED) is 0.804. The molecule has 25 heavy (non-hydrogen) atoms. The average Bonchev–Trinajstić information content (AvgIpc) is 3.15. The summed E-state index contributed by atoms with van der Waals surface area (Å²) in [5, 5.41) is 10.7. The van der Waals surface area contributed by atoms with Crippen LogP contribution in [0.25, 0.3) is 0 Å². The van der Waals surface area contributed by atoms with E-state index in [9.17, 15) is 4.79 Å². The Labute approximate surface area is 158 Å². The van der Waals surface area contributed by atoms with Gasteiger partial charge in [0.2, 0.25) is 11.9 Å². The highest BCUT2D eigenvalue weighted by Gasteiger charge is 2.21. The standard InChI is InChI=1S/C17H25N5OS.ClH/c1-12-6-7-14(24-12)4-3-5-15(23)19-17-20-16(21-22(17)2)13-8-10-18-11-9-13;/h6-7,13,18H,3-5,8-11H2,1-2H3,(H,19,20,21,23);1H. The topological polar surface area (TPSA) is 71.8 Å². The van der Waals surface area contributed by atoms with E-state index in [4.69, 9.17) is 0 Å². The summed E-state index contributed by atoms with van der Waals surface area (Å²) in [5.41, 5.74) is 0. The Balaban J connectivity index is 0.00000225. The molecule has 0 aromatic carbocycles. The van der Waals surface area contributed by atoms with Gasteiger partial charge >= 0.3 is 0 Å². The lowest BCUT2D eigenvalue weighted by atomic mass is 9.98. The largest absolute Gasteiger partial charge is 0.317 e. The number of piperidine rings is 1. The van der Waals surface area contributed by atoms with Gasteiger partial charge in [-0.25, -0.2) is 4.68 Å². The Morgan fingerprint density at radius 1 is 1.40 bits per heavy atom. The van der Waals surface area contributed by atoms with E-state index in [1.807, 2.05) is 7.05 Å². The van der Waals surface area contributed by atoms with Crippen LogP contribution >= 0.6 is 23.7 Å². The minimum absolute atomic E-state index is 0. The molecule has 0 unspecified atom stereocenters. The van der Waals surface area contributed by atoms with E-state index in [-0.39, 0.29) is 18.3 Å². The summed E-state index contributed by atoms with van der Waals surface area (Å²) >= 11 is 1.80. The SMILES string of the molecule is Cc1ccc(CCCC(=O)Nc2nc(C3CCNCC3)nn2C)s1.Cl. The Morgan fingerprint density at radius 2 is 2.16 bits per heavy atom. The van der Waals surface area contributed by atoms with Crippen molar-refractivity contribution in [2.75, 3.05) is 18.4 Å². The summed E-state index contributed by atoms with van der Waals surface area (Å²) in [5.74, 6) is 1.81. The number of nitrogens with one attached hydrogen (secondary N) is 2. The lowest BCUT2D eigenvalue weighted by molar-refractivity contribution is -0.116. The van der Waals surface area contributed by atoms with E-state index < -0.39 is 0 Å². The van der Waals surface area contributed by atoms with Crippen LogP contribution in [0.2, 0.25) is 0 Å². The van der Waals surface area contributed by atoms with Gasteiger partial charge in [-0.15, -0.1) is 23.7 Å². The average molecular weight is 384 g/mol. The number of hydrogen-bond donors (Lipinski definition) is 2. The predicted molar refractivity (Wildman–Crippen MR) is 104 cm³/mol. The third-order valence-corrected chi connectivity index (χ3v) is 5.42. The maximum Gasteiger partial charge on any atom is 0.227 e. The Hall–Kier alpha value is -1.44. The number of carbonyl (C=O) groups is 1. The Kier molecular flexibility index (Phi) is 7.40. The first-order valence-electron chi connectivity index (χ1n) is 8.58. The second-order valence-corrected chi connectivity index (χ2v) is 7.73. The van der Waals surface area contributed by atoms with Crippen molar-refractivity contribution in [2.45, 2.75) is 44.9 Å². The first kappa shape index (κ1) is 19.9. The van der Waals surface area contributed by atoms with E-state index in [1.165, 1.54) is 9.75 Å². The number of aromatic nitrogens is 3. The normalized spacial score (nSPS) is 15.0. The molecular formula is C17H26ClN5OS. The van der Waals surface area contributed by atoms with Gasteiger partial charge in [0.25, 0.3) is 0 Å². The summed E-state index contributed by atoms with van der Waals surface area (Å²) in [6, 6.07) is 4.27. The molecule has 3 rings (SSSR count). The van der Waals surface area contributed by atoms with Crippen LogP contribution in [-0.4, -0.2) is 33.8 Å². The highest BCUT2D eigenvalue weighted by atomic mass is 35.5. The fourth-order valence-electron chi connectivity index (χ4n) is 3.00. The summed E-state index contributed by atoms with van der Waals surface area (Å²) in [4.78, 5) is 19.3. The van der Waals surface area contributed by atoms with Crippen LogP contribution in [0.4, 0.5) is 5.95 Å². The third-order valence-electron chi connectivity index (χ3n) is 4.36. The van der Waals surface area contributed by atoms with E-state index >= 15 is 0 Å². The summed E-state index contributed by atoms with van der Waals surface area (Å²) in [6.45, 7) is 4.12. The molecule has 1 amide bonds. The number of rotatable bonds is 6. The Bertz CT molecular complexity index is 693. The maximum absolute atomic E-state index is 12.1. The molecule has 1 fully saturated rings. The maximum atomic E-state index is 12.1. The van der Waals surface area contributed by atoms with Gasteiger partial charge in [-0.2, -0.15) is 10.1 Å². The van der Waals surface area contributed by atoms with Crippen molar-refractivity contribution >= 4 is 35.6 Å². The molecule has 0 bridgehead atoms. The first-order chi connectivity index (χ1) is 11.6. The molecule has 1 saturated heterocycles. The number of nitrogens with zero attached hydrogens (tertiary/aromatic N) is 3. The zero-order chi connectivity index (χ0) is 16.9. The number of thiophene rings is 1. The zero-order valence-electron chi connectivity index (χ0n) is 14.7. The molecule has 2 aromatic heterocycles. The Morgan fingerprint density at radius 3 is 2.84 bits per heavy atom. The lowest BCUT2D eigenvalue weighted by Crippen LogP contribution is -2.27. The second-order valence-electron chi connectivity index (χ2n) is 6.36. The van der Waals surface area contributed by atoms with Gasteiger partial charge < -0.3 is 5.32 Å². The van der Waals surface area contributed by atoms with Crippen molar-refractivity contribution in [1.82, 2.24) is 20.1 Å². The highest BCUT2D eigenvalue weighted by Crippen LogP contribution is 2.23. The number of halogens is 1. The van der Waals surface area contributed by atoms with Gasteiger partial charge in [0.1, 0.15) is 0 Å². The fraction of sp³-hybridized carbons (Fsp3) is 0.588. The molecule has 2 aromatic rings. The smallest absolute Gasteiger partial charge is 0.227 e. The van der Waals surface area contributed by atoms with Gasteiger partial charge in [0.15, 0.2) is 5.82 Å². The monoisotopic (exact) mass is 383 g/mol. The molecule has 2 N–H and O–H groups in total. The van der Waals surface area contributed by atoms with Gasteiger partial charge in [0, 0.05) is 29.1 Å². The van der Waals surface area contributed by atoms with Crippen molar-refractivity contribution in [3.05, 3.63) is 27.7 Å². The molecule has 1 aliphatic heterocycles. The van der Waals surface area contributed by atoms with Crippen LogP contribution in [0, 0.1) is 6.92 Å². The van der Waals surface area contributed by atoms with E-state index in [2.05, 4.69) is 39.8 Å². The van der Waals surface area contributed by atoms with Crippen molar-refractivity contribution < 1.29 is 4.79 Å². The molecule has 0 spiro atoms. The minimum Gasteiger partial charge on any atom is -0.317 e. The summed E-state index contributed by atoms with van der Waals surface area (Å²) < 4.78 is 1.68. The van der Waals surface area contributed by atoms with E-state index in [1.54, 1.807) is 16.0 Å². The molecule has 3 heterocycles. The number of amides is 1. The molecule has 8 heteroatoms. The van der Waals surface area contributed by atoms with E-state index in [0.717, 1.165) is 44.6 Å². The molecule has 0 aliphatic carbocycles. The molecule has 0 atom stereocenters. The number of aryl methyl sites for hydroxylation is 3. The highest BCUT2D eigenvalue weighted by molar-refractivity contribution is 7.11. The van der Waals surface area contributed by atoms with E-state index in [0.29, 0.717) is 18.3 Å². The van der Waals surface area contributed by atoms with Crippen LogP contribution in [0.3, 0.4) is 0 Å². The molecule has 0 radical (unpaired) electrons. The third kappa shape index (κ3) is 5.52. The lowest BCUT2D eigenvalue weighted by Gasteiger charge is -2.19. The van der Waals surface area contributed by atoms with Crippen molar-refractivity contribution in [2.24, 2.45) is 7.05 Å². The second kappa shape index (κ2) is 9.31. The number of carbonyl (C=O) groups excluding carboxylic acids is 1. The minimum atomic E-state index is 0. The summed E-state index contributed by atoms with van der Waals surface area (Å²) in [7, 11) is 1.83. The molecule has 138 valence electrons. The molecule has 1 aliphatic rings. The van der Waals surface area contributed by atoms with Crippen LogP contribution in [0.1, 0.15) is 47.2 Å². The fourth-order valence-corrected chi connectivity index (χ4v) is 3.93. The van der Waals surface area contributed by atoms with Gasteiger partial charge in [0.05, 0.1) is 0 Å². The first-order valence-corrected chi connectivity index (χ1v) is 9.40. The summed E-state index contributed by atoms with van der Waals surface area (Å²) in [6.07, 6.45) is 4.41. The number of anilines is 1. The van der Waals surface area contributed by atoms with Crippen LogP contribution in [0.15, 0.2) is 12.1 Å². The van der Waals surface area contributed by atoms with Crippen LogP contribution in [0.5, 0.6) is 0 Å². The van der Waals surface area contributed by atoms with Crippen molar-refractivity contribution in [1.29, 1.82) is 0 Å². The van der Waals surface area contributed by atoms with Crippen molar-refractivity contribution in [3.8, 4) is 0 Å². The predicted octanol–water partition coefficient (Wildman–Crippen LogP) is 3.04.